The van der Waals surface area contributed by atoms with Gasteiger partial charge in [-0.25, -0.2) is 0 Å². The van der Waals surface area contributed by atoms with Crippen molar-refractivity contribution in [3.8, 4) is 0 Å². The van der Waals surface area contributed by atoms with Crippen LogP contribution < -0.4 is 5.32 Å². The second-order valence-electron chi connectivity index (χ2n) is 4.44. The number of nitrogens with zero attached hydrogens (tertiary/aromatic N) is 1. The number of amides is 1. The standard InChI is InChI=1S/C13H17F3N2O/c1-3-4-5-9(2)18-12(19)10-6-7-17-11(8-10)13(14,15)16/h6-9H,3-5H2,1-2H3,(H,18,19). The molecule has 0 saturated carbocycles. The van der Waals surface area contributed by atoms with E-state index < -0.39 is 17.8 Å². The second-order valence-corrected chi connectivity index (χ2v) is 4.44. The van der Waals surface area contributed by atoms with Gasteiger partial charge < -0.3 is 5.32 Å². The van der Waals surface area contributed by atoms with Crippen molar-refractivity contribution in [2.45, 2.75) is 45.3 Å². The minimum atomic E-state index is -4.54. The van der Waals surface area contributed by atoms with E-state index in [1.165, 1.54) is 6.07 Å². The molecule has 1 rings (SSSR count). The summed E-state index contributed by atoms with van der Waals surface area (Å²) in [7, 11) is 0. The highest BCUT2D eigenvalue weighted by Gasteiger charge is 2.32. The number of pyridine rings is 1. The molecule has 0 spiro atoms. The van der Waals surface area contributed by atoms with Crippen LogP contribution in [0.25, 0.3) is 0 Å². The van der Waals surface area contributed by atoms with E-state index in [1.54, 1.807) is 0 Å². The number of carbonyl (C=O) groups excluding carboxylic acids is 1. The van der Waals surface area contributed by atoms with Gasteiger partial charge in [0, 0.05) is 17.8 Å². The van der Waals surface area contributed by atoms with E-state index in [0.29, 0.717) is 0 Å². The summed E-state index contributed by atoms with van der Waals surface area (Å²) >= 11 is 0. The maximum atomic E-state index is 12.5. The fraction of sp³-hybridized carbons (Fsp3) is 0.538. The quantitative estimate of drug-likeness (QED) is 0.894. The molecule has 6 heteroatoms. The van der Waals surface area contributed by atoms with Crippen molar-refractivity contribution < 1.29 is 18.0 Å². The predicted octanol–water partition coefficient (Wildman–Crippen LogP) is 3.41. The van der Waals surface area contributed by atoms with Crippen molar-refractivity contribution in [1.29, 1.82) is 0 Å². The first-order chi connectivity index (χ1) is 8.84. The van der Waals surface area contributed by atoms with E-state index in [4.69, 9.17) is 0 Å². The van der Waals surface area contributed by atoms with Crippen molar-refractivity contribution >= 4 is 5.91 Å². The van der Waals surface area contributed by atoms with E-state index in [9.17, 15) is 18.0 Å². The molecule has 3 nitrogen and oxygen atoms in total. The minimum absolute atomic E-state index is 0.0225. The van der Waals surface area contributed by atoms with Crippen LogP contribution in [0.1, 0.15) is 49.2 Å². The van der Waals surface area contributed by atoms with Crippen LogP contribution in [0.3, 0.4) is 0 Å². The molecule has 1 aromatic rings. The third-order valence-corrected chi connectivity index (χ3v) is 2.68. The third kappa shape index (κ3) is 4.89. The van der Waals surface area contributed by atoms with Gasteiger partial charge in [0.25, 0.3) is 5.91 Å². The Morgan fingerprint density at radius 3 is 2.74 bits per heavy atom. The number of nitrogens with one attached hydrogen (secondary N) is 1. The van der Waals surface area contributed by atoms with Crippen LogP contribution in [-0.4, -0.2) is 16.9 Å². The molecule has 0 bridgehead atoms. The molecule has 1 amide bonds. The molecule has 1 aromatic heterocycles. The Morgan fingerprint density at radius 1 is 1.47 bits per heavy atom. The average Bonchev–Trinajstić information content (AvgIpc) is 2.35. The van der Waals surface area contributed by atoms with E-state index >= 15 is 0 Å². The number of aromatic nitrogens is 1. The summed E-state index contributed by atoms with van der Waals surface area (Å²) in [5.74, 6) is -0.503. The topological polar surface area (TPSA) is 42.0 Å². The van der Waals surface area contributed by atoms with Crippen LogP contribution in [0.4, 0.5) is 13.2 Å². The molecule has 0 aliphatic carbocycles. The van der Waals surface area contributed by atoms with Crippen LogP contribution >= 0.6 is 0 Å². The van der Waals surface area contributed by atoms with E-state index in [-0.39, 0.29) is 11.6 Å². The van der Waals surface area contributed by atoms with Gasteiger partial charge in [-0.1, -0.05) is 19.8 Å². The van der Waals surface area contributed by atoms with Crippen molar-refractivity contribution in [2.75, 3.05) is 0 Å². The maximum Gasteiger partial charge on any atom is 0.433 e. The van der Waals surface area contributed by atoms with Gasteiger partial charge in [0.2, 0.25) is 0 Å². The van der Waals surface area contributed by atoms with Crippen LogP contribution in [0.15, 0.2) is 18.3 Å². The van der Waals surface area contributed by atoms with Crippen LogP contribution in [0.2, 0.25) is 0 Å². The summed E-state index contributed by atoms with van der Waals surface area (Å²) in [6, 6.07) is 1.98. The number of hydrogen-bond donors (Lipinski definition) is 1. The third-order valence-electron chi connectivity index (χ3n) is 2.68. The van der Waals surface area contributed by atoms with Crippen molar-refractivity contribution in [1.82, 2.24) is 10.3 Å². The van der Waals surface area contributed by atoms with Gasteiger partial charge in [-0.15, -0.1) is 0 Å². The molecule has 0 saturated heterocycles. The monoisotopic (exact) mass is 274 g/mol. The Balaban J connectivity index is 2.72. The highest BCUT2D eigenvalue weighted by atomic mass is 19.4. The number of alkyl halides is 3. The normalized spacial score (nSPS) is 13.1. The summed E-state index contributed by atoms with van der Waals surface area (Å²) in [5, 5.41) is 2.68. The SMILES string of the molecule is CCCCC(C)NC(=O)c1ccnc(C(F)(F)F)c1. The van der Waals surface area contributed by atoms with Crippen molar-refractivity contribution in [3.05, 3.63) is 29.6 Å². The molecule has 0 aliphatic heterocycles. The molecular weight excluding hydrogens is 257 g/mol. The van der Waals surface area contributed by atoms with Gasteiger partial charge in [0.1, 0.15) is 5.69 Å². The molecule has 1 N–H and O–H groups in total. The summed E-state index contributed by atoms with van der Waals surface area (Å²) in [6.45, 7) is 3.87. The zero-order valence-electron chi connectivity index (χ0n) is 10.9. The van der Waals surface area contributed by atoms with Crippen molar-refractivity contribution in [2.24, 2.45) is 0 Å². The Kier molecular flexibility index (Phi) is 5.32. The first kappa shape index (κ1) is 15.5. The van der Waals surface area contributed by atoms with Crippen LogP contribution in [0.5, 0.6) is 0 Å². The summed E-state index contributed by atoms with van der Waals surface area (Å²) < 4.78 is 37.4. The van der Waals surface area contributed by atoms with Gasteiger partial charge in [-0.05, 0) is 25.5 Å². The highest BCUT2D eigenvalue weighted by molar-refractivity contribution is 5.94. The molecule has 1 atom stereocenters. The smallest absolute Gasteiger partial charge is 0.350 e. The predicted molar refractivity (Wildman–Crippen MR) is 65.7 cm³/mol. The van der Waals surface area contributed by atoms with Crippen LogP contribution in [0, 0.1) is 0 Å². The Bertz CT molecular complexity index is 432. The molecule has 0 radical (unpaired) electrons. The number of hydrogen-bond acceptors (Lipinski definition) is 2. The molecule has 0 fully saturated rings. The summed E-state index contributed by atoms with van der Waals surface area (Å²) in [5.41, 5.74) is -1.08. The molecule has 1 unspecified atom stereocenters. The summed E-state index contributed by atoms with van der Waals surface area (Å²) in [4.78, 5) is 15.0. The lowest BCUT2D eigenvalue weighted by Crippen LogP contribution is -2.32. The lowest BCUT2D eigenvalue weighted by Gasteiger charge is -2.14. The second kappa shape index (κ2) is 6.54. The number of unbranched alkanes of at least 4 members (excludes halogenated alkanes) is 1. The first-order valence-corrected chi connectivity index (χ1v) is 6.18. The molecule has 1 heterocycles. The van der Waals surface area contributed by atoms with Gasteiger partial charge in [-0.2, -0.15) is 13.2 Å². The maximum absolute atomic E-state index is 12.5. The van der Waals surface area contributed by atoms with Gasteiger partial charge in [-0.3, -0.25) is 9.78 Å². The zero-order valence-corrected chi connectivity index (χ0v) is 10.9. The van der Waals surface area contributed by atoms with Gasteiger partial charge in [0.15, 0.2) is 0 Å². The lowest BCUT2D eigenvalue weighted by atomic mass is 10.1. The molecular formula is C13H17F3N2O. The number of halogens is 3. The number of rotatable bonds is 5. The highest BCUT2D eigenvalue weighted by Crippen LogP contribution is 2.27. The van der Waals surface area contributed by atoms with Gasteiger partial charge >= 0.3 is 6.18 Å². The first-order valence-electron chi connectivity index (χ1n) is 6.18. The van der Waals surface area contributed by atoms with Crippen LogP contribution in [-0.2, 0) is 6.18 Å². The van der Waals surface area contributed by atoms with Gasteiger partial charge in [0.05, 0.1) is 0 Å². The summed E-state index contributed by atoms with van der Waals surface area (Å²) in [6.07, 6.45) is -0.767. The van der Waals surface area contributed by atoms with E-state index in [2.05, 4.69) is 10.3 Å². The molecule has 0 aromatic carbocycles. The minimum Gasteiger partial charge on any atom is -0.350 e. The number of carbonyl (C=O) groups is 1. The fourth-order valence-corrected chi connectivity index (χ4v) is 1.62. The average molecular weight is 274 g/mol. The molecule has 106 valence electrons. The molecule has 0 aliphatic rings. The fourth-order valence-electron chi connectivity index (χ4n) is 1.62. The Hall–Kier alpha value is -1.59. The zero-order chi connectivity index (χ0) is 14.5. The Morgan fingerprint density at radius 2 is 2.16 bits per heavy atom. The van der Waals surface area contributed by atoms with Crippen molar-refractivity contribution in [3.63, 3.8) is 0 Å². The van der Waals surface area contributed by atoms with E-state index in [0.717, 1.165) is 31.5 Å². The Labute approximate surface area is 110 Å². The van der Waals surface area contributed by atoms with E-state index in [1.807, 2.05) is 13.8 Å². The molecule has 19 heavy (non-hydrogen) atoms. The largest absolute Gasteiger partial charge is 0.433 e. The lowest BCUT2D eigenvalue weighted by molar-refractivity contribution is -0.141.